The molecule has 0 aliphatic carbocycles. The van der Waals surface area contributed by atoms with Crippen molar-refractivity contribution in [3.05, 3.63) is 74.8 Å². The molecule has 0 unspecified atom stereocenters. The summed E-state index contributed by atoms with van der Waals surface area (Å²) < 4.78 is 3.07. The van der Waals surface area contributed by atoms with Crippen LogP contribution in [0.3, 0.4) is 0 Å². The van der Waals surface area contributed by atoms with E-state index in [0.717, 1.165) is 51.6 Å². The van der Waals surface area contributed by atoms with Crippen LogP contribution in [0.2, 0.25) is 5.02 Å². The lowest BCUT2D eigenvalue weighted by atomic mass is 10.1. The molecule has 3 aromatic rings. The molecule has 1 aliphatic heterocycles. The fraction of sp³-hybridized carbons (Fsp3) is 0.167. The SMILES string of the molecule is Clc1ccccc1Cc1nn(-c2ccc(Br)cc2)c2c1CCN2. The van der Waals surface area contributed by atoms with Gasteiger partial charge >= 0.3 is 0 Å². The summed E-state index contributed by atoms with van der Waals surface area (Å²) in [5.41, 5.74) is 4.57. The summed E-state index contributed by atoms with van der Waals surface area (Å²) in [6, 6.07) is 16.2. The first-order valence-corrected chi connectivity index (χ1v) is 8.73. The van der Waals surface area contributed by atoms with Gasteiger partial charge in [0.1, 0.15) is 5.82 Å². The quantitative estimate of drug-likeness (QED) is 0.695. The monoisotopic (exact) mass is 387 g/mol. The second-order valence-electron chi connectivity index (χ2n) is 5.61. The molecule has 116 valence electrons. The van der Waals surface area contributed by atoms with Gasteiger partial charge in [-0.2, -0.15) is 5.10 Å². The molecule has 4 rings (SSSR count). The zero-order chi connectivity index (χ0) is 15.8. The number of aromatic nitrogens is 2. The van der Waals surface area contributed by atoms with Gasteiger partial charge in [-0.15, -0.1) is 0 Å². The minimum Gasteiger partial charge on any atom is -0.369 e. The van der Waals surface area contributed by atoms with Crippen LogP contribution in [0.1, 0.15) is 16.8 Å². The van der Waals surface area contributed by atoms with E-state index in [1.54, 1.807) is 0 Å². The molecule has 23 heavy (non-hydrogen) atoms. The van der Waals surface area contributed by atoms with E-state index in [1.807, 2.05) is 35.0 Å². The van der Waals surface area contributed by atoms with Crippen molar-refractivity contribution in [2.45, 2.75) is 12.8 Å². The van der Waals surface area contributed by atoms with Gasteiger partial charge in [0.25, 0.3) is 0 Å². The van der Waals surface area contributed by atoms with E-state index in [-0.39, 0.29) is 0 Å². The summed E-state index contributed by atoms with van der Waals surface area (Å²) in [5.74, 6) is 1.11. The first-order chi connectivity index (χ1) is 11.2. The molecule has 1 N–H and O–H groups in total. The van der Waals surface area contributed by atoms with Crippen LogP contribution in [0.25, 0.3) is 5.69 Å². The highest BCUT2D eigenvalue weighted by Crippen LogP contribution is 2.31. The number of anilines is 1. The highest BCUT2D eigenvalue weighted by molar-refractivity contribution is 9.10. The van der Waals surface area contributed by atoms with Crippen LogP contribution in [0.4, 0.5) is 5.82 Å². The fourth-order valence-electron chi connectivity index (χ4n) is 2.98. The number of benzene rings is 2. The molecule has 0 saturated carbocycles. The maximum atomic E-state index is 6.31. The number of fused-ring (bicyclic) bond motifs is 1. The van der Waals surface area contributed by atoms with E-state index in [2.05, 4.69) is 39.4 Å². The van der Waals surface area contributed by atoms with Crippen molar-refractivity contribution in [1.82, 2.24) is 9.78 Å². The van der Waals surface area contributed by atoms with Crippen LogP contribution < -0.4 is 5.32 Å². The molecule has 0 amide bonds. The smallest absolute Gasteiger partial charge is 0.133 e. The molecule has 0 bridgehead atoms. The minimum atomic E-state index is 0.757. The van der Waals surface area contributed by atoms with Crippen molar-refractivity contribution in [3.63, 3.8) is 0 Å². The Bertz CT molecular complexity index is 855. The third-order valence-corrected chi connectivity index (χ3v) is 5.02. The topological polar surface area (TPSA) is 29.9 Å². The van der Waals surface area contributed by atoms with Gasteiger partial charge in [0.2, 0.25) is 0 Å². The number of hydrogen-bond donors (Lipinski definition) is 1. The zero-order valence-corrected chi connectivity index (χ0v) is 14.7. The third-order valence-electron chi connectivity index (χ3n) is 4.12. The van der Waals surface area contributed by atoms with Gasteiger partial charge < -0.3 is 5.32 Å². The average molecular weight is 389 g/mol. The Kier molecular flexibility index (Phi) is 3.87. The van der Waals surface area contributed by atoms with Gasteiger partial charge in [-0.05, 0) is 42.3 Å². The first kappa shape index (κ1) is 14.8. The Hall–Kier alpha value is -1.78. The van der Waals surface area contributed by atoms with Crippen LogP contribution in [-0.4, -0.2) is 16.3 Å². The highest BCUT2D eigenvalue weighted by Gasteiger charge is 2.23. The van der Waals surface area contributed by atoms with Crippen LogP contribution in [0.15, 0.2) is 53.0 Å². The van der Waals surface area contributed by atoms with E-state index in [9.17, 15) is 0 Å². The van der Waals surface area contributed by atoms with Crippen molar-refractivity contribution in [2.24, 2.45) is 0 Å². The Morgan fingerprint density at radius 2 is 1.91 bits per heavy atom. The summed E-state index contributed by atoms with van der Waals surface area (Å²) in [5, 5.41) is 9.10. The minimum absolute atomic E-state index is 0.757. The molecule has 0 atom stereocenters. The Morgan fingerprint density at radius 1 is 1.13 bits per heavy atom. The van der Waals surface area contributed by atoms with Crippen molar-refractivity contribution < 1.29 is 0 Å². The summed E-state index contributed by atoms with van der Waals surface area (Å²) in [6.45, 7) is 0.958. The van der Waals surface area contributed by atoms with E-state index < -0.39 is 0 Å². The number of nitrogens with zero attached hydrogens (tertiary/aromatic N) is 2. The predicted octanol–water partition coefficient (Wildman–Crippen LogP) is 4.85. The number of nitrogens with one attached hydrogen (secondary N) is 1. The number of rotatable bonds is 3. The molecule has 1 aromatic heterocycles. The number of halogens is 2. The highest BCUT2D eigenvalue weighted by atomic mass is 79.9. The van der Waals surface area contributed by atoms with Crippen LogP contribution in [0.5, 0.6) is 0 Å². The van der Waals surface area contributed by atoms with Gasteiger partial charge in [0.15, 0.2) is 0 Å². The molecule has 0 spiro atoms. The predicted molar refractivity (Wildman–Crippen MR) is 97.7 cm³/mol. The second kappa shape index (κ2) is 6.02. The molecule has 1 aliphatic rings. The summed E-state index contributed by atoms with van der Waals surface area (Å²) in [6.07, 6.45) is 1.76. The van der Waals surface area contributed by atoms with E-state index in [1.165, 1.54) is 5.56 Å². The lowest BCUT2D eigenvalue weighted by molar-refractivity contribution is 0.839. The second-order valence-corrected chi connectivity index (χ2v) is 6.93. The van der Waals surface area contributed by atoms with Gasteiger partial charge in [-0.1, -0.05) is 45.7 Å². The molecule has 2 aromatic carbocycles. The molecular weight excluding hydrogens is 374 g/mol. The van der Waals surface area contributed by atoms with Crippen molar-refractivity contribution in [3.8, 4) is 5.69 Å². The summed E-state index contributed by atoms with van der Waals surface area (Å²) in [4.78, 5) is 0. The molecule has 0 radical (unpaired) electrons. The van der Waals surface area contributed by atoms with Gasteiger partial charge in [0.05, 0.1) is 11.4 Å². The zero-order valence-electron chi connectivity index (χ0n) is 12.4. The van der Waals surface area contributed by atoms with Crippen LogP contribution in [0, 0.1) is 0 Å². The normalized spacial score (nSPS) is 13.0. The Labute approximate surface area is 148 Å². The van der Waals surface area contributed by atoms with E-state index in [4.69, 9.17) is 16.7 Å². The third kappa shape index (κ3) is 2.77. The van der Waals surface area contributed by atoms with Crippen molar-refractivity contribution >= 4 is 33.3 Å². The average Bonchev–Trinajstić information content (AvgIpc) is 3.14. The van der Waals surface area contributed by atoms with E-state index >= 15 is 0 Å². The first-order valence-electron chi connectivity index (χ1n) is 7.56. The fourth-order valence-corrected chi connectivity index (χ4v) is 3.45. The van der Waals surface area contributed by atoms with Crippen molar-refractivity contribution in [1.29, 1.82) is 0 Å². The van der Waals surface area contributed by atoms with Crippen molar-refractivity contribution in [2.75, 3.05) is 11.9 Å². The van der Waals surface area contributed by atoms with Gasteiger partial charge in [-0.3, -0.25) is 0 Å². The molecule has 3 nitrogen and oxygen atoms in total. The lowest BCUT2D eigenvalue weighted by Gasteiger charge is -2.06. The summed E-state index contributed by atoms with van der Waals surface area (Å²) in [7, 11) is 0. The summed E-state index contributed by atoms with van der Waals surface area (Å²) >= 11 is 9.79. The molecule has 0 fully saturated rings. The standard InChI is InChI=1S/C18H15BrClN3/c19-13-5-7-14(8-6-13)23-18-15(9-10-21-18)17(22-23)11-12-3-1-2-4-16(12)20/h1-8,21H,9-11H2. The van der Waals surface area contributed by atoms with Gasteiger partial charge in [0, 0.05) is 28.0 Å². The molecule has 2 heterocycles. The molecule has 5 heteroatoms. The Balaban J connectivity index is 1.76. The van der Waals surface area contributed by atoms with Gasteiger partial charge in [-0.25, -0.2) is 4.68 Å². The maximum absolute atomic E-state index is 6.31. The number of hydrogen-bond acceptors (Lipinski definition) is 2. The lowest BCUT2D eigenvalue weighted by Crippen LogP contribution is -2.05. The molecule has 0 saturated heterocycles. The Morgan fingerprint density at radius 3 is 2.70 bits per heavy atom. The van der Waals surface area contributed by atoms with E-state index in [0.29, 0.717) is 0 Å². The van der Waals surface area contributed by atoms with Crippen LogP contribution >= 0.6 is 27.5 Å². The van der Waals surface area contributed by atoms with Crippen LogP contribution in [-0.2, 0) is 12.8 Å². The maximum Gasteiger partial charge on any atom is 0.133 e. The molecular formula is C18H15BrClN3. The largest absolute Gasteiger partial charge is 0.369 e.